The smallest absolute Gasteiger partial charge is 0.224 e. The Labute approximate surface area is 118 Å². The lowest BCUT2D eigenvalue weighted by molar-refractivity contribution is -0.120. The predicted molar refractivity (Wildman–Crippen MR) is 78.8 cm³/mol. The van der Waals surface area contributed by atoms with Crippen LogP contribution in [0.5, 0.6) is 0 Å². The van der Waals surface area contributed by atoms with Crippen LogP contribution in [0, 0.1) is 0 Å². The molecule has 0 aliphatic heterocycles. The third-order valence-corrected chi connectivity index (χ3v) is 2.91. The quantitative estimate of drug-likeness (QED) is 0.597. The van der Waals surface area contributed by atoms with Gasteiger partial charge in [0.05, 0.1) is 11.4 Å². The zero-order valence-corrected chi connectivity index (χ0v) is 11.7. The average molecular weight is 285 g/mol. The Morgan fingerprint density at radius 1 is 1.28 bits per heavy atom. The molecule has 0 unspecified atom stereocenters. The van der Waals surface area contributed by atoms with Crippen molar-refractivity contribution in [3.63, 3.8) is 0 Å². The Kier molecular flexibility index (Phi) is 6.68. The molecular formula is C13H17ClN2OS. The van der Waals surface area contributed by atoms with E-state index >= 15 is 0 Å². The molecule has 0 radical (unpaired) electrons. The third kappa shape index (κ3) is 6.57. The first-order valence-corrected chi connectivity index (χ1v) is 6.66. The fraction of sp³-hybridized carbons (Fsp3) is 0.385. The van der Waals surface area contributed by atoms with Gasteiger partial charge in [-0.2, -0.15) is 0 Å². The Morgan fingerprint density at radius 3 is 2.56 bits per heavy atom. The van der Waals surface area contributed by atoms with Gasteiger partial charge in [-0.1, -0.05) is 36.0 Å². The molecule has 1 rings (SSSR count). The molecule has 0 aliphatic rings. The van der Waals surface area contributed by atoms with E-state index < -0.39 is 0 Å². The van der Waals surface area contributed by atoms with Gasteiger partial charge in [0.1, 0.15) is 0 Å². The molecule has 0 fully saturated rings. The lowest BCUT2D eigenvalue weighted by Crippen LogP contribution is -2.26. The summed E-state index contributed by atoms with van der Waals surface area (Å²) in [6.07, 6.45) is 2.93. The molecule has 1 aromatic carbocycles. The van der Waals surface area contributed by atoms with Crippen LogP contribution in [0.15, 0.2) is 24.3 Å². The number of amides is 1. The number of hydrogen-bond acceptors (Lipinski definition) is 2. The molecule has 0 atom stereocenters. The summed E-state index contributed by atoms with van der Waals surface area (Å²) >= 11 is 10.5. The molecule has 98 valence electrons. The zero-order chi connectivity index (χ0) is 13.4. The van der Waals surface area contributed by atoms with Gasteiger partial charge < -0.3 is 11.1 Å². The number of hydrogen-bond donors (Lipinski definition) is 2. The highest BCUT2D eigenvalue weighted by molar-refractivity contribution is 7.80. The molecule has 18 heavy (non-hydrogen) atoms. The van der Waals surface area contributed by atoms with Crippen molar-refractivity contribution in [3.05, 3.63) is 34.9 Å². The second-order valence-electron chi connectivity index (χ2n) is 4.08. The molecule has 1 amide bonds. The normalized spacial score (nSPS) is 10.1. The molecular weight excluding hydrogens is 268 g/mol. The van der Waals surface area contributed by atoms with Crippen molar-refractivity contribution in [1.82, 2.24) is 5.32 Å². The highest BCUT2D eigenvalue weighted by Crippen LogP contribution is 2.09. The van der Waals surface area contributed by atoms with Gasteiger partial charge in [-0.15, -0.1) is 0 Å². The topological polar surface area (TPSA) is 55.1 Å². The third-order valence-electron chi connectivity index (χ3n) is 2.45. The van der Waals surface area contributed by atoms with Crippen LogP contribution in [0.3, 0.4) is 0 Å². The summed E-state index contributed by atoms with van der Waals surface area (Å²) in [6, 6.07) is 7.28. The SMILES string of the molecule is NC(=S)CCCCNC(=O)Cc1ccc(Cl)cc1. The molecule has 5 heteroatoms. The van der Waals surface area contributed by atoms with Gasteiger partial charge in [0.15, 0.2) is 0 Å². The summed E-state index contributed by atoms with van der Waals surface area (Å²) < 4.78 is 0. The van der Waals surface area contributed by atoms with Crippen molar-refractivity contribution < 1.29 is 4.79 Å². The first kappa shape index (κ1) is 14.9. The van der Waals surface area contributed by atoms with Crippen LogP contribution < -0.4 is 11.1 Å². The Hall–Kier alpha value is -1.13. The van der Waals surface area contributed by atoms with E-state index in [0.717, 1.165) is 24.8 Å². The van der Waals surface area contributed by atoms with Crippen LogP contribution in [0.2, 0.25) is 5.02 Å². The molecule has 3 nitrogen and oxygen atoms in total. The predicted octanol–water partition coefficient (Wildman–Crippen LogP) is 2.46. The molecule has 0 bridgehead atoms. The van der Waals surface area contributed by atoms with Crippen molar-refractivity contribution >= 4 is 34.7 Å². The van der Waals surface area contributed by atoms with E-state index in [1.54, 1.807) is 12.1 Å². The van der Waals surface area contributed by atoms with Crippen LogP contribution in [0.1, 0.15) is 24.8 Å². The Morgan fingerprint density at radius 2 is 1.94 bits per heavy atom. The number of thiocarbonyl (C=S) groups is 1. The van der Waals surface area contributed by atoms with Gasteiger partial charge in [0, 0.05) is 11.6 Å². The van der Waals surface area contributed by atoms with E-state index in [2.05, 4.69) is 5.32 Å². The first-order valence-electron chi connectivity index (χ1n) is 5.87. The molecule has 0 saturated carbocycles. The number of nitrogens with two attached hydrogens (primary N) is 1. The summed E-state index contributed by atoms with van der Waals surface area (Å²) in [5.74, 6) is 0.0210. The van der Waals surface area contributed by atoms with Gasteiger partial charge in [-0.05, 0) is 37.0 Å². The Balaban J connectivity index is 2.17. The molecule has 0 saturated heterocycles. The summed E-state index contributed by atoms with van der Waals surface area (Å²) in [5.41, 5.74) is 6.34. The van der Waals surface area contributed by atoms with Crippen LogP contribution in [-0.4, -0.2) is 17.4 Å². The van der Waals surface area contributed by atoms with Gasteiger partial charge in [0.25, 0.3) is 0 Å². The van der Waals surface area contributed by atoms with Gasteiger partial charge in [-0.3, -0.25) is 4.79 Å². The van der Waals surface area contributed by atoms with E-state index in [0.29, 0.717) is 23.0 Å². The minimum Gasteiger partial charge on any atom is -0.393 e. The van der Waals surface area contributed by atoms with Gasteiger partial charge in [-0.25, -0.2) is 0 Å². The lowest BCUT2D eigenvalue weighted by Gasteiger charge is -2.05. The monoisotopic (exact) mass is 284 g/mol. The number of nitrogens with one attached hydrogen (secondary N) is 1. The number of benzene rings is 1. The van der Waals surface area contributed by atoms with Crippen molar-refractivity contribution in [1.29, 1.82) is 0 Å². The van der Waals surface area contributed by atoms with E-state index in [4.69, 9.17) is 29.6 Å². The summed E-state index contributed by atoms with van der Waals surface area (Å²) in [5, 5.41) is 3.54. The van der Waals surface area contributed by atoms with E-state index in [1.807, 2.05) is 12.1 Å². The number of unbranched alkanes of at least 4 members (excludes halogenated alkanes) is 1. The highest BCUT2D eigenvalue weighted by atomic mass is 35.5. The molecule has 0 aliphatic carbocycles. The number of rotatable bonds is 7. The minimum absolute atomic E-state index is 0.0210. The van der Waals surface area contributed by atoms with E-state index in [1.165, 1.54) is 0 Å². The molecule has 3 N–H and O–H groups in total. The average Bonchev–Trinajstić information content (AvgIpc) is 2.31. The van der Waals surface area contributed by atoms with Crippen LogP contribution in [0.25, 0.3) is 0 Å². The van der Waals surface area contributed by atoms with Crippen molar-refractivity contribution in [2.24, 2.45) is 5.73 Å². The summed E-state index contributed by atoms with van der Waals surface area (Å²) in [6.45, 7) is 0.662. The molecule has 0 aromatic heterocycles. The number of halogens is 1. The largest absolute Gasteiger partial charge is 0.393 e. The maximum Gasteiger partial charge on any atom is 0.224 e. The maximum atomic E-state index is 11.6. The molecule has 0 heterocycles. The van der Waals surface area contributed by atoms with E-state index in [-0.39, 0.29) is 5.91 Å². The zero-order valence-electron chi connectivity index (χ0n) is 10.1. The molecule has 0 spiro atoms. The minimum atomic E-state index is 0.0210. The first-order chi connectivity index (χ1) is 8.58. The summed E-state index contributed by atoms with van der Waals surface area (Å²) in [7, 11) is 0. The molecule has 1 aromatic rings. The van der Waals surface area contributed by atoms with Crippen molar-refractivity contribution in [3.8, 4) is 0 Å². The lowest BCUT2D eigenvalue weighted by atomic mass is 10.1. The van der Waals surface area contributed by atoms with E-state index in [9.17, 15) is 4.79 Å². The summed E-state index contributed by atoms with van der Waals surface area (Å²) in [4.78, 5) is 12.1. The Bertz CT molecular complexity index is 406. The highest BCUT2D eigenvalue weighted by Gasteiger charge is 2.02. The van der Waals surface area contributed by atoms with Gasteiger partial charge in [0.2, 0.25) is 5.91 Å². The second kappa shape index (κ2) is 8.06. The second-order valence-corrected chi connectivity index (χ2v) is 5.04. The maximum absolute atomic E-state index is 11.6. The fourth-order valence-corrected chi connectivity index (χ4v) is 1.77. The fourth-order valence-electron chi connectivity index (χ4n) is 1.50. The van der Waals surface area contributed by atoms with Crippen molar-refractivity contribution in [2.45, 2.75) is 25.7 Å². The number of carbonyl (C=O) groups is 1. The van der Waals surface area contributed by atoms with Crippen molar-refractivity contribution in [2.75, 3.05) is 6.54 Å². The van der Waals surface area contributed by atoms with Crippen LogP contribution in [0.4, 0.5) is 0 Å². The van der Waals surface area contributed by atoms with Gasteiger partial charge >= 0.3 is 0 Å². The van der Waals surface area contributed by atoms with Crippen LogP contribution in [-0.2, 0) is 11.2 Å². The standard InChI is InChI=1S/C13H17ClN2OS/c14-11-6-4-10(5-7-11)9-13(17)16-8-2-1-3-12(15)18/h4-7H,1-3,8-9H2,(H2,15,18)(H,16,17). The van der Waals surface area contributed by atoms with Crippen LogP contribution >= 0.6 is 23.8 Å². The number of carbonyl (C=O) groups excluding carboxylic acids is 1.